The monoisotopic (exact) mass is 714 g/mol. The minimum Gasteiger partial charge on any atom is -0.435 e. The first-order chi connectivity index (χ1) is 27.7. The molecule has 1 heterocycles. The van der Waals surface area contributed by atoms with E-state index in [0.717, 1.165) is 44.7 Å². The molecule has 0 N–H and O–H groups in total. The fraction of sp³-hybridized carbons (Fsp3) is 0. The van der Waals surface area contributed by atoms with Crippen molar-refractivity contribution >= 4 is 71.3 Å². The summed E-state index contributed by atoms with van der Waals surface area (Å²) in [7, 11) is 0. The number of anilines is 3. The normalized spacial score (nSPS) is 11.6. The molecule has 0 radical (unpaired) electrons. The van der Waals surface area contributed by atoms with Crippen LogP contribution in [-0.4, -0.2) is 4.98 Å². The van der Waals surface area contributed by atoms with Crippen LogP contribution in [0.3, 0.4) is 0 Å². The van der Waals surface area contributed by atoms with Crippen molar-refractivity contribution in [2.75, 3.05) is 4.90 Å². The van der Waals surface area contributed by atoms with E-state index in [2.05, 4.69) is 211 Å². The van der Waals surface area contributed by atoms with Gasteiger partial charge in [0.1, 0.15) is 5.52 Å². The van der Waals surface area contributed by atoms with Gasteiger partial charge in [-0.3, -0.25) is 0 Å². The maximum Gasteiger partial charge on any atom is 0.227 e. The Balaban J connectivity index is 1.00. The summed E-state index contributed by atoms with van der Waals surface area (Å²) < 4.78 is 6.54. The lowest BCUT2D eigenvalue weighted by Crippen LogP contribution is -2.10. The standard InChI is InChI=1S/C53H34N2O/c1-2-11-35(12-3-1)39-15-10-16-43(33-39)55(41-26-21-37(22-27-41)50-34-40-14-5-7-18-45(40)46-19-8-9-20-47(46)50)42-28-23-38(24-29-42)53-54-51-32-31-48-44-17-6-4-13-36(44)25-30-49(48)52(51)56-53/h1-34H. The van der Waals surface area contributed by atoms with Gasteiger partial charge in [0.15, 0.2) is 5.58 Å². The fourth-order valence-corrected chi connectivity index (χ4v) is 8.34. The molecule has 0 unspecified atom stereocenters. The third kappa shape index (κ3) is 5.40. The average molecular weight is 715 g/mol. The summed E-state index contributed by atoms with van der Waals surface area (Å²) in [4.78, 5) is 7.27. The first-order valence-corrected chi connectivity index (χ1v) is 19.0. The van der Waals surface area contributed by atoms with Crippen LogP contribution in [0.1, 0.15) is 0 Å². The highest BCUT2D eigenvalue weighted by atomic mass is 16.3. The maximum absolute atomic E-state index is 6.54. The van der Waals surface area contributed by atoms with E-state index in [1.54, 1.807) is 0 Å². The van der Waals surface area contributed by atoms with Crippen LogP contribution >= 0.6 is 0 Å². The Morgan fingerprint density at radius 3 is 1.70 bits per heavy atom. The molecule has 0 atom stereocenters. The Morgan fingerprint density at radius 2 is 0.929 bits per heavy atom. The van der Waals surface area contributed by atoms with E-state index in [0.29, 0.717) is 5.89 Å². The van der Waals surface area contributed by atoms with Gasteiger partial charge >= 0.3 is 0 Å². The van der Waals surface area contributed by atoms with E-state index in [4.69, 9.17) is 9.40 Å². The number of aromatic nitrogens is 1. The lowest BCUT2D eigenvalue weighted by Gasteiger charge is -2.26. The van der Waals surface area contributed by atoms with Crippen molar-refractivity contribution < 1.29 is 4.42 Å². The Labute approximate surface area is 324 Å². The van der Waals surface area contributed by atoms with E-state index in [1.165, 1.54) is 54.4 Å². The lowest BCUT2D eigenvalue weighted by atomic mass is 9.93. The van der Waals surface area contributed by atoms with Crippen molar-refractivity contribution in [2.45, 2.75) is 0 Å². The number of oxazole rings is 1. The highest BCUT2D eigenvalue weighted by molar-refractivity contribution is 6.15. The number of nitrogens with zero attached hydrogens (tertiary/aromatic N) is 2. The molecule has 56 heavy (non-hydrogen) atoms. The van der Waals surface area contributed by atoms with E-state index < -0.39 is 0 Å². The molecule has 10 aromatic carbocycles. The number of hydrogen-bond donors (Lipinski definition) is 0. The average Bonchev–Trinajstić information content (AvgIpc) is 3.72. The van der Waals surface area contributed by atoms with E-state index in [-0.39, 0.29) is 0 Å². The third-order valence-electron chi connectivity index (χ3n) is 11.1. The number of fused-ring (bicyclic) bond motifs is 8. The second kappa shape index (κ2) is 13.1. The zero-order valence-electron chi connectivity index (χ0n) is 30.4. The van der Waals surface area contributed by atoms with Crippen molar-refractivity contribution in [3.8, 4) is 33.7 Å². The second-order valence-corrected chi connectivity index (χ2v) is 14.4. The fourth-order valence-electron chi connectivity index (χ4n) is 8.34. The van der Waals surface area contributed by atoms with Gasteiger partial charge < -0.3 is 9.32 Å². The number of rotatable bonds is 6. The predicted molar refractivity (Wildman–Crippen MR) is 235 cm³/mol. The van der Waals surface area contributed by atoms with Gasteiger partial charge in [-0.1, -0.05) is 140 Å². The Morgan fingerprint density at radius 1 is 0.339 bits per heavy atom. The van der Waals surface area contributed by atoms with Crippen LogP contribution in [-0.2, 0) is 0 Å². The molecule has 0 aliphatic rings. The summed E-state index contributed by atoms with van der Waals surface area (Å²) in [6.07, 6.45) is 0. The van der Waals surface area contributed by atoms with Crippen LogP contribution in [0.25, 0.3) is 87.9 Å². The Hall–Kier alpha value is -7.49. The Kier molecular flexibility index (Phi) is 7.49. The van der Waals surface area contributed by atoms with E-state index in [1.807, 2.05) is 0 Å². The number of benzene rings is 10. The van der Waals surface area contributed by atoms with E-state index in [9.17, 15) is 0 Å². The first-order valence-electron chi connectivity index (χ1n) is 19.0. The van der Waals surface area contributed by atoms with Gasteiger partial charge in [0.25, 0.3) is 0 Å². The van der Waals surface area contributed by atoms with Crippen molar-refractivity contribution in [1.82, 2.24) is 4.98 Å². The van der Waals surface area contributed by atoms with Gasteiger partial charge in [0.05, 0.1) is 0 Å². The Bertz CT molecular complexity index is 3240. The highest BCUT2D eigenvalue weighted by Crippen LogP contribution is 2.41. The van der Waals surface area contributed by atoms with Crippen molar-refractivity contribution in [3.05, 3.63) is 206 Å². The smallest absolute Gasteiger partial charge is 0.227 e. The van der Waals surface area contributed by atoms with Gasteiger partial charge in [0, 0.05) is 28.0 Å². The van der Waals surface area contributed by atoms with Gasteiger partial charge in [-0.2, -0.15) is 0 Å². The number of hydrogen-bond acceptors (Lipinski definition) is 3. The molecule has 0 aliphatic carbocycles. The van der Waals surface area contributed by atoms with Crippen LogP contribution in [0.2, 0.25) is 0 Å². The molecule has 0 spiro atoms. The molecule has 0 aliphatic heterocycles. The molecule has 0 saturated heterocycles. The van der Waals surface area contributed by atoms with Crippen molar-refractivity contribution in [3.63, 3.8) is 0 Å². The van der Waals surface area contributed by atoms with Crippen molar-refractivity contribution in [2.24, 2.45) is 0 Å². The summed E-state index contributed by atoms with van der Waals surface area (Å²) in [5.41, 5.74) is 10.5. The zero-order chi connectivity index (χ0) is 37.0. The summed E-state index contributed by atoms with van der Waals surface area (Å²) in [5.74, 6) is 0.608. The lowest BCUT2D eigenvalue weighted by molar-refractivity contribution is 0.623. The highest BCUT2D eigenvalue weighted by Gasteiger charge is 2.17. The molecule has 3 heteroatoms. The molecule has 3 nitrogen and oxygen atoms in total. The van der Waals surface area contributed by atoms with E-state index >= 15 is 0 Å². The maximum atomic E-state index is 6.54. The predicted octanol–water partition coefficient (Wildman–Crippen LogP) is 14.9. The minimum atomic E-state index is 0.608. The van der Waals surface area contributed by atoms with Gasteiger partial charge in [-0.15, -0.1) is 0 Å². The van der Waals surface area contributed by atoms with Crippen LogP contribution in [0.5, 0.6) is 0 Å². The molecule has 0 bridgehead atoms. The largest absolute Gasteiger partial charge is 0.435 e. The summed E-state index contributed by atoms with van der Waals surface area (Å²) in [6, 6.07) is 73.5. The SMILES string of the molecule is c1ccc(-c2cccc(N(c3ccc(-c4nc5ccc6c7ccccc7ccc6c5o4)cc3)c3ccc(-c4cc5ccccc5c5ccccc45)cc3)c2)cc1. The second-order valence-electron chi connectivity index (χ2n) is 14.4. The molecule has 1 aromatic heterocycles. The van der Waals surface area contributed by atoms with Gasteiger partial charge in [0.2, 0.25) is 5.89 Å². The molecule has 0 amide bonds. The summed E-state index contributed by atoms with van der Waals surface area (Å²) in [6.45, 7) is 0. The molecular weight excluding hydrogens is 681 g/mol. The first kappa shape index (κ1) is 32.0. The van der Waals surface area contributed by atoms with Gasteiger partial charge in [-0.25, -0.2) is 4.98 Å². The van der Waals surface area contributed by atoms with Crippen LogP contribution in [0.4, 0.5) is 17.1 Å². The summed E-state index contributed by atoms with van der Waals surface area (Å²) >= 11 is 0. The molecule has 262 valence electrons. The zero-order valence-corrected chi connectivity index (χ0v) is 30.4. The molecular formula is C53H34N2O. The van der Waals surface area contributed by atoms with Gasteiger partial charge in [-0.05, 0) is 127 Å². The molecule has 0 fully saturated rings. The topological polar surface area (TPSA) is 29.3 Å². The van der Waals surface area contributed by atoms with Crippen LogP contribution in [0, 0.1) is 0 Å². The summed E-state index contributed by atoms with van der Waals surface area (Å²) in [5, 5.41) is 9.70. The molecule has 11 rings (SSSR count). The van der Waals surface area contributed by atoms with Crippen LogP contribution < -0.4 is 4.90 Å². The molecule has 11 aromatic rings. The minimum absolute atomic E-state index is 0.608. The quantitative estimate of drug-likeness (QED) is 0.161. The molecule has 0 saturated carbocycles. The third-order valence-corrected chi connectivity index (χ3v) is 11.1. The van der Waals surface area contributed by atoms with Crippen LogP contribution in [0.15, 0.2) is 211 Å². The van der Waals surface area contributed by atoms with Crippen molar-refractivity contribution in [1.29, 1.82) is 0 Å².